The van der Waals surface area contributed by atoms with Gasteiger partial charge in [-0.3, -0.25) is 10.1 Å². The number of nitro benzene ring substituents is 1. The lowest BCUT2D eigenvalue weighted by Gasteiger charge is -2.16. The molecule has 0 aliphatic heterocycles. The molecule has 0 aromatic heterocycles. The largest absolute Gasteiger partial charge is 0.467 e. The van der Waals surface area contributed by atoms with Crippen molar-refractivity contribution in [1.29, 1.82) is 0 Å². The summed E-state index contributed by atoms with van der Waals surface area (Å²) in [6.07, 6.45) is -4.65. The average Bonchev–Trinajstić information content (AvgIpc) is 2.62. The SMILES string of the molecule is COC(=O)C(C)Nc1cc(Oc2c(Cl)cc(C(F)(F)F)cc2Cl)ccc1[N+](=O)[O-]. The number of methoxy groups -OCH3 is 1. The molecule has 0 saturated heterocycles. The summed E-state index contributed by atoms with van der Waals surface area (Å²) in [7, 11) is 1.16. The third-order valence-corrected chi connectivity index (χ3v) is 4.20. The van der Waals surface area contributed by atoms with Crippen LogP contribution in [-0.2, 0) is 15.7 Å². The Morgan fingerprint density at radius 2 is 1.79 bits per heavy atom. The average molecular weight is 453 g/mol. The van der Waals surface area contributed by atoms with Crippen LogP contribution in [0.3, 0.4) is 0 Å². The number of anilines is 1. The maximum Gasteiger partial charge on any atom is 0.416 e. The normalized spacial score (nSPS) is 12.2. The Kier molecular flexibility index (Phi) is 6.81. The molecule has 7 nitrogen and oxygen atoms in total. The number of halogens is 5. The van der Waals surface area contributed by atoms with Gasteiger partial charge in [0.1, 0.15) is 17.5 Å². The number of alkyl halides is 3. The van der Waals surface area contributed by atoms with E-state index in [1.54, 1.807) is 0 Å². The summed E-state index contributed by atoms with van der Waals surface area (Å²) < 4.78 is 48.5. The number of nitro groups is 1. The Balaban J connectivity index is 2.40. The fourth-order valence-corrected chi connectivity index (χ4v) is 2.83. The smallest absolute Gasteiger partial charge is 0.416 e. The van der Waals surface area contributed by atoms with Gasteiger partial charge in [0.25, 0.3) is 5.69 Å². The van der Waals surface area contributed by atoms with Gasteiger partial charge in [0.15, 0.2) is 5.75 Å². The van der Waals surface area contributed by atoms with E-state index in [-0.39, 0.29) is 22.9 Å². The number of nitrogens with one attached hydrogen (secondary N) is 1. The Morgan fingerprint density at radius 3 is 2.28 bits per heavy atom. The lowest BCUT2D eigenvalue weighted by atomic mass is 10.2. The van der Waals surface area contributed by atoms with Crippen LogP contribution < -0.4 is 10.1 Å². The lowest BCUT2D eigenvalue weighted by Crippen LogP contribution is -2.27. The van der Waals surface area contributed by atoms with Crippen LogP contribution in [0.2, 0.25) is 10.0 Å². The molecule has 1 atom stereocenters. The van der Waals surface area contributed by atoms with Crippen molar-refractivity contribution in [3.63, 3.8) is 0 Å². The number of carbonyl (C=O) groups is 1. The van der Waals surface area contributed by atoms with E-state index in [1.807, 2.05) is 0 Å². The lowest BCUT2D eigenvalue weighted by molar-refractivity contribution is -0.384. The molecular formula is C17H13Cl2F3N2O5. The van der Waals surface area contributed by atoms with Crippen molar-refractivity contribution in [3.8, 4) is 11.5 Å². The molecule has 0 saturated carbocycles. The van der Waals surface area contributed by atoms with Gasteiger partial charge < -0.3 is 14.8 Å². The maximum absolute atomic E-state index is 12.8. The van der Waals surface area contributed by atoms with Crippen molar-refractivity contribution < 1.29 is 32.4 Å². The van der Waals surface area contributed by atoms with E-state index in [9.17, 15) is 28.1 Å². The highest BCUT2D eigenvalue weighted by molar-refractivity contribution is 6.37. The molecule has 0 radical (unpaired) electrons. The monoisotopic (exact) mass is 452 g/mol. The molecule has 0 fully saturated rings. The summed E-state index contributed by atoms with van der Waals surface area (Å²) in [6.45, 7) is 1.42. The number of nitrogens with zero attached hydrogens (tertiary/aromatic N) is 1. The van der Waals surface area contributed by atoms with Crippen LogP contribution in [0.25, 0.3) is 0 Å². The molecule has 1 N–H and O–H groups in total. The zero-order valence-corrected chi connectivity index (χ0v) is 16.4. The highest BCUT2D eigenvalue weighted by atomic mass is 35.5. The Bertz CT molecular complexity index is 930. The predicted octanol–water partition coefficient (Wildman–Crippen LogP) is 5.69. The number of carbonyl (C=O) groups excluding carboxylic acids is 1. The van der Waals surface area contributed by atoms with Gasteiger partial charge in [-0.1, -0.05) is 23.2 Å². The minimum Gasteiger partial charge on any atom is -0.467 e. The zero-order valence-electron chi connectivity index (χ0n) is 14.8. The summed E-state index contributed by atoms with van der Waals surface area (Å²) in [4.78, 5) is 22.1. The van der Waals surface area contributed by atoms with E-state index >= 15 is 0 Å². The summed E-state index contributed by atoms with van der Waals surface area (Å²) in [5.74, 6) is -0.944. The van der Waals surface area contributed by atoms with E-state index in [0.29, 0.717) is 12.1 Å². The molecule has 0 heterocycles. The van der Waals surface area contributed by atoms with Gasteiger partial charge in [0, 0.05) is 12.1 Å². The highest BCUT2D eigenvalue weighted by Gasteiger charge is 2.32. The molecule has 0 aliphatic rings. The predicted molar refractivity (Wildman–Crippen MR) is 99.7 cm³/mol. The molecule has 1 unspecified atom stereocenters. The van der Waals surface area contributed by atoms with Crippen molar-refractivity contribution in [2.75, 3.05) is 12.4 Å². The summed E-state index contributed by atoms with van der Waals surface area (Å²) in [5.41, 5.74) is -1.50. The van der Waals surface area contributed by atoms with E-state index in [0.717, 1.165) is 13.2 Å². The standard InChI is InChI=1S/C17H13Cl2F3N2O5/c1-8(16(25)28-2)23-13-7-10(3-4-14(13)24(26)27)29-15-11(18)5-9(6-12(15)19)17(20,21)22/h3-8,23H,1-2H3. The topological polar surface area (TPSA) is 90.7 Å². The molecule has 29 heavy (non-hydrogen) atoms. The molecule has 12 heteroatoms. The molecule has 0 amide bonds. The van der Waals surface area contributed by atoms with Crippen LogP contribution in [0.5, 0.6) is 11.5 Å². The summed E-state index contributed by atoms with van der Waals surface area (Å²) in [6, 6.07) is 3.85. The Morgan fingerprint density at radius 1 is 1.21 bits per heavy atom. The first kappa shape index (κ1) is 22.6. The number of hydrogen-bond donors (Lipinski definition) is 1. The van der Waals surface area contributed by atoms with Crippen molar-refractivity contribution >= 4 is 40.5 Å². The molecule has 0 aliphatic carbocycles. The van der Waals surface area contributed by atoms with Crippen LogP contribution in [0, 0.1) is 10.1 Å². The van der Waals surface area contributed by atoms with Gasteiger partial charge in [-0.15, -0.1) is 0 Å². The van der Waals surface area contributed by atoms with E-state index < -0.39 is 38.7 Å². The van der Waals surface area contributed by atoms with Crippen LogP contribution in [-0.4, -0.2) is 24.0 Å². The second-order valence-electron chi connectivity index (χ2n) is 5.69. The van der Waals surface area contributed by atoms with Crippen LogP contribution >= 0.6 is 23.2 Å². The number of ether oxygens (including phenoxy) is 2. The number of benzene rings is 2. The minimum atomic E-state index is -4.65. The highest BCUT2D eigenvalue weighted by Crippen LogP contribution is 2.42. The Hall–Kier alpha value is -2.72. The molecular weight excluding hydrogens is 440 g/mol. The van der Waals surface area contributed by atoms with E-state index in [2.05, 4.69) is 10.1 Å². The minimum absolute atomic E-state index is 0.0151. The van der Waals surface area contributed by atoms with Crippen molar-refractivity contribution in [3.05, 3.63) is 56.1 Å². The van der Waals surface area contributed by atoms with Gasteiger partial charge >= 0.3 is 12.1 Å². The third-order valence-electron chi connectivity index (χ3n) is 3.64. The summed E-state index contributed by atoms with van der Waals surface area (Å²) >= 11 is 11.7. The quantitative estimate of drug-likeness (QED) is 0.344. The van der Waals surface area contributed by atoms with Gasteiger partial charge in [0.05, 0.1) is 27.6 Å². The molecule has 156 valence electrons. The van der Waals surface area contributed by atoms with Gasteiger partial charge in [-0.05, 0) is 25.1 Å². The van der Waals surface area contributed by atoms with E-state index in [1.165, 1.54) is 19.1 Å². The fraction of sp³-hybridized carbons (Fsp3) is 0.235. The molecule has 2 aromatic carbocycles. The molecule has 2 rings (SSSR count). The molecule has 2 aromatic rings. The first-order chi connectivity index (χ1) is 13.4. The van der Waals surface area contributed by atoms with E-state index in [4.69, 9.17) is 27.9 Å². The first-order valence-corrected chi connectivity index (χ1v) is 8.56. The fourth-order valence-electron chi connectivity index (χ4n) is 2.26. The molecule has 0 bridgehead atoms. The van der Waals surface area contributed by atoms with Gasteiger partial charge in [0.2, 0.25) is 0 Å². The van der Waals surface area contributed by atoms with Crippen molar-refractivity contribution in [2.45, 2.75) is 19.1 Å². The third kappa shape index (κ3) is 5.42. The number of hydrogen-bond acceptors (Lipinski definition) is 6. The number of rotatable bonds is 6. The number of esters is 1. The Labute approximate surface area is 172 Å². The van der Waals surface area contributed by atoms with Gasteiger partial charge in [-0.25, -0.2) is 4.79 Å². The summed E-state index contributed by atoms with van der Waals surface area (Å²) in [5, 5.41) is 13.0. The first-order valence-electron chi connectivity index (χ1n) is 7.81. The van der Waals surface area contributed by atoms with Crippen LogP contribution in [0.1, 0.15) is 12.5 Å². The van der Waals surface area contributed by atoms with Crippen molar-refractivity contribution in [2.24, 2.45) is 0 Å². The van der Waals surface area contributed by atoms with Crippen LogP contribution in [0.4, 0.5) is 24.5 Å². The van der Waals surface area contributed by atoms with Crippen molar-refractivity contribution in [1.82, 2.24) is 0 Å². The maximum atomic E-state index is 12.8. The second kappa shape index (κ2) is 8.75. The zero-order chi connectivity index (χ0) is 21.9. The van der Waals surface area contributed by atoms with Gasteiger partial charge in [-0.2, -0.15) is 13.2 Å². The van der Waals surface area contributed by atoms with Crippen LogP contribution in [0.15, 0.2) is 30.3 Å². The molecule has 0 spiro atoms. The second-order valence-corrected chi connectivity index (χ2v) is 6.51.